The molecule has 3 amide bonds. The molecule has 5 aromatic rings. The molecule has 0 aromatic heterocycles. The van der Waals surface area contributed by atoms with Crippen molar-refractivity contribution in [2.75, 3.05) is 60.3 Å². The van der Waals surface area contributed by atoms with Crippen LogP contribution in [0.1, 0.15) is 55.8 Å². The highest BCUT2D eigenvalue weighted by Crippen LogP contribution is 2.43. The molecule has 4 aliphatic heterocycles. The third-order valence-corrected chi connectivity index (χ3v) is 12.1. The summed E-state index contributed by atoms with van der Waals surface area (Å²) in [6.07, 6.45) is 0.701. The van der Waals surface area contributed by atoms with E-state index in [0.717, 1.165) is 33.6 Å². The van der Waals surface area contributed by atoms with E-state index in [1.165, 1.54) is 21.3 Å². The van der Waals surface area contributed by atoms with Gasteiger partial charge in [0.25, 0.3) is 11.8 Å². The summed E-state index contributed by atoms with van der Waals surface area (Å²) < 4.78 is 29.1. The summed E-state index contributed by atoms with van der Waals surface area (Å²) in [6.45, 7) is 0.711. The molecule has 4 aliphatic rings. The number of para-hydroxylation sites is 2. The van der Waals surface area contributed by atoms with Crippen LogP contribution in [-0.2, 0) is 40.4 Å². The van der Waals surface area contributed by atoms with E-state index in [4.69, 9.17) is 23.7 Å². The molecular weight excluding hydrogens is 807 g/mol. The number of benzene rings is 5. The molecule has 0 fully saturated rings. The molecule has 0 saturated carbocycles. The molecule has 0 aliphatic carbocycles. The Balaban J connectivity index is 0.981. The van der Waals surface area contributed by atoms with Crippen LogP contribution in [-0.4, -0.2) is 82.0 Å². The van der Waals surface area contributed by atoms with Crippen LogP contribution in [0.25, 0.3) is 0 Å². The number of nitrogens with one attached hydrogen (secondary N) is 2. The number of esters is 1. The molecule has 324 valence electrons. The van der Waals surface area contributed by atoms with Gasteiger partial charge in [0, 0.05) is 55.6 Å². The molecule has 63 heavy (non-hydrogen) atoms. The van der Waals surface area contributed by atoms with Gasteiger partial charge in [0.2, 0.25) is 5.91 Å². The molecule has 3 atom stereocenters. The van der Waals surface area contributed by atoms with Crippen LogP contribution in [0.15, 0.2) is 91.0 Å². The Labute approximate surface area is 364 Å². The first kappa shape index (κ1) is 41.1. The highest BCUT2D eigenvalue weighted by Gasteiger charge is 2.43. The Bertz CT molecular complexity index is 2650. The number of hydrogen-bond acceptors (Lipinski definition) is 12. The quantitative estimate of drug-likeness (QED) is 0.117. The predicted octanol–water partition coefficient (Wildman–Crippen LogP) is 6.09. The first-order valence-corrected chi connectivity index (χ1v) is 20.7. The fraction of sp³-hybridized carbons (Fsp3) is 0.292. The van der Waals surface area contributed by atoms with Gasteiger partial charge < -0.3 is 49.2 Å². The van der Waals surface area contributed by atoms with Crippen molar-refractivity contribution < 1.29 is 48.0 Å². The molecule has 9 rings (SSSR count). The number of anilines is 5. The lowest BCUT2D eigenvalue weighted by atomic mass is 10.1. The minimum absolute atomic E-state index is 0.0723. The zero-order valence-electron chi connectivity index (χ0n) is 35.3. The van der Waals surface area contributed by atoms with E-state index in [1.807, 2.05) is 78.7 Å². The van der Waals surface area contributed by atoms with E-state index in [-0.39, 0.29) is 48.9 Å². The van der Waals surface area contributed by atoms with Gasteiger partial charge in [-0.05, 0) is 77.6 Å². The van der Waals surface area contributed by atoms with Crippen molar-refractivity contribution in [3.8, 4) is 23.0 Å². The lowest BCUT2D eigenvalue weighted by Gasteiger charge is -2.26. The lowest BCUT2D eigenvalue weighted by Crippen LogP contribution is -2.45. The third-order valence-electron chi connectivity index (χ3n) is 12.1. The van der Waals surface area contributed by atoms with E-state index < -0.39 is 18.3 Å². The summed E-state index contributed by atoms with van der Waals surface area (Å²) >= 11 is 0. The van der Waals surface area contributed by atoms with Crippen molar-refractivity contribution >= 4 is 52.1 Å². The van der Waals surface area contributed by atoms with E-state index >= 15 is 0 Å². The topological polar surface area (TPSA) is 168 Å². The van der Waals surface area contributed by atoms with Gasteiger partial charge in [-0.2, -0.15) is 0 Å². The smallest absolute Gasteiger partial charge is 0.305 e. The number of nitrogens with zero attached hydrogens (tertiary/aromatic N) is 3. The summed E-state index contributed by atoms with van der Waals surface area (Å²) in [7, 11) is 6.29. The molecule has 1 unspecified atom stereocenters. The highest BCUT2D eigenvalue weighted by atomic mass is 16.5. The summed E-state index contributed by atoms with van der Waals surface area (Å²) in [5.74, 6) is 0.187. The van der Waals surface area contributed by atoms with Crippen molar-refractivity contribution in [1.29, 1.82) is 0 Å². The first-order chi connectivity index (χ1) is 30.5. The maximum atomic E-state index is 14.0. The molecule has 5 aromatic carbocycles. The van der Waals surface area contributed by atoms with Crippen LogP contribution in [0.2, 0.25) is 0 Å². The zero-order chi connectivity index (χ0) is 43.9. The standard InChI is InChI=1S/C48H47N5O10/c1-51(15-9-14-44(54)61-4)31-17-27(25-62-42-23-34-32(21-40(42)59-2)47(57)52-36-12-7-5-10-29(36)19-38(52)45(55)49-34)16-28(18-31)26-63-43-24-35-33(22-41(43)60-3)48(58)53-37-13-8-6-11-30(37)20-39(53)46(56)50-35/h5-8,10-13,16-18,21-24,38-39,45,49,55H,9,14-15,19-20,25-26H2,1-4H3,(H,50,56)/t38-,39-,45?/m0/s1. The average molecular weight is 854 g/mol. The van der Waals surface area contributed by atoms with Gasteiger partial charge in [-0.15, -0.1) is 0 Å². The fourth-order valence-corrected chi connectivity index (χ4v) is 8.89. The van der Waals surface area contributed by atoms with Gasteiger partial charge in [0.05, 0.1) is 49.9 Å². The Morgan fingerprint density at radius 3 is 1.94 bits per heavy atom. The van der Waals surface area contributed by atoms with Crippen molar-refractivity contribution in [3.05, 3.63) is 124 Å². The zero-order valence-corrected chi connectivity index (χ0v) is 35.3. The monoisotopic (exact) mass is 853 g/mol. The van der Waals surface area contributed by atoms with Crippen LogP contribution < -0.4 is 44.3 Å². The second-order valence-corrected chi connectivity index (χ2v) is 16.0. The highest BCUT2D eigenvalue weighted by molar-refractivity contribution is 6.20. The molecule has 4 heterocycles. The maximum Gasteiger partial charge on any atom is 0.305 e. The van der Waals surface area contributed by atoms with Crippen LogP contribution in [0.3, 0.4) is 0 Å². The second kappa shape index (κ2) is 16.9. The number of amides is 3. The van der Waals surface area contributed by atoms with E-state index in [9.17, 15) is 24.3 Å². The van der Waals surface area contributed by atoms with E-state index in [1.54, 1.807) is 34.1 Å². The van der Waals surface area contributed by atoms with Gasteiger partial charge in [-0.1, -0.05) is 36.4 Å². The molecular formula is C48H47N5O10. The maximum absolute atomic E-state index is 14.0. The molecule has 0 bridgehead atoms. The molecule has 3 N–H and O–H groups in total. The number of fused-ring (bicyclic) bond motifs is 8. The largest absolute Gasteiger partial charge is 0.493 e. The van der Waals surface area contributed by atoms with Crippen molar-refractivity contribution in [2.24, 2.45) is 0 Å². The van der Waals surface area contributed by atoms with Gasteiger partial charge in [0.1, 0.15) is 25.5 Å². The Kier molecular flexibility index (Phi) is 11.0. The molecule has 15 nitrogen and oxygen atoms in total. The van der Waals surface area contributed by atoms with Gasteiger partial charge in [0.15, 0.2) is 23.0 Å². The average Bonchev–Trinajstić information content (AvgIpc) is 3.84. The van der Waals surface area contributed by atoms with E-state index in [0.29, 0.717) is 71.4 Å². The Morgan fingerprint density at radius 1 is 0.730 bits per heavy atom. The minimum Gasteiger partial charge on any atom is -0.493 e. The van der Waals surface area contributed by atoms with E-state index in [2.05, 4.69) is 10.6 Å². The number of carbonyl (C=O) groups excluding carboxylic acids is 4. The SMILES string of the molecule is COC(=O)CCCN(C)c1cc(COc2cc3c(cc2OC)C(=O)N2c4ccccc4C[C@H]2C(=O)N3)cc(COc2cc3c(cc2OC)C(=O)N2c4ccccc4C[C@H]2C(O)N3)c1. The summed E-state index contributed by atoms with van der Waals surface area (Å²) in [6, 6.07) is 26.4. The first-order valence-electron chi connectivity index (χ1n) is 20.7. The third kappa shape index (κ3) is 7.69. The number of carbonyl (C=O) groups is 4. The minimum atomic E-state index is -1.04. The van der Waals surface area contributed by atoms with Crippen molar-refractivity contribution in [2.45, 2.75) is 57.2 Å². The summed E-state index contributed by atoms with van der Waals surface area (Å²) in [5.41, 5.74) is 7.14. The lowest BCUT2D eigenvalue weighted by molar-refractivity contribution is -0.140. The fourth-order valence-electron chi connectivity index (χ4n) is 8.89. The van der Waals surface area contributed by atoms with Crippen LogP contribution in [0, 0.1) is 0 Å². The number of aliphatic hydroxyl groups excluding tert-OH is 1. The molecule has 0 radical (unpaired) electrons. The molecule has 0 saturated heterocycles. The predicted molar refractivity (Wildman–Crippen MR) is 235 cm³/mol. The second-order valence-electron chi connectivity index (χ2n) is 16.0. The van der Waals surface area contributed by atoms with Gasteiger partial charge >= 0.3 is 5.97 Å². The van der Waals surface area contributed by atoms with Crippen LogP contribution in [0.4, 0.5) is 28.4 Å². The number of aliphatic hydroxyl groups is 1. The summed E-state index contributed by atoms with van der Waals surface area (Å²) in [5, 5.41) is 17.4. The Morgan fingerprint density at radius 2 is 1.30 bits per heavy atom. The number of ether oxygens (including phenoxy) is 5. The van der Waals surface area contributed by atoms with Gasteiger partial charge in [-0.3, -0.25) is 24.1 Å². The molecule has 15 heteroatoms. The van der Waals surface area contributed by atoms with Crippen molar-refractivity contribution in [3.63, 3.8) is 0 Å². The normalized spacial score (nSPS) is 18.0. The number of hydrogen-bond donors (Lipinski definition) is 3. The van der Waals surface area contributed by atoms with Crippen LogP contribution in [0.5, 0.6) is 23.0 Å². The Hall–Kier alpha value is -7.26. The van der Waals surface area contributed by atoms with Crippen molar-refractivity contribution in [1.82, 2.24) is 0 Å². The van der Waals surface area contributed by atoms with Crippen LogP contribution >= 0.6 is 0 Å². The summed E-state index contributed by atoms with van der Waals surface area (Å²) in [4.78, 5) is 58.7. The number of methoxy groups -OCH3 is 3. The van der Waals surface area contributed by atoms with Gasteiger partial charge in [-0.25, -0.2) is 0 Å². The molecule has 0 spiro atoms. The number of rotatable bonds is 13.